The van der Waals surface area contributed by atoms with Gasteiger partial charge in [-0.05, 0) is 61.1 Å². The summed E-state index contributed by atoms with van der Waals surface area (Å²) in [6, 6.07) is 3.93. The molecule has 0 spiro atoms. The van der Waals surface area contributed by atoms with Gasteiger partial charge in [-0.3, -0.25) is 0 Å². The molecule has 0 aliphatic heterocycles. The highest BCUT2D eigenvalue weighted by molar-refractivity contribution is 14.1. The second-order valence-electron chi connectivity index (χ2n) is 5.08. The van der Waals surface area contributed by atoms with Gasteiger partial charge in [-0.1, -0.05) is 6.07 Å². The van der Waals surface area contributed by atoms with Crippen LogP contribution in [0.15, 0.2) is 18.2 Å². The van der Waals surface area contributed by atoms with Gasteiger partial charge in [-0.15, -0.1) is 0 Å². The summed E-state index contributed by atoms with van der Waals surface area (Å²) in [7, 11) is 0. The van der Waals surface area contributed by atoms with E-state index in [1.165, 1.54) is 18.2 Å². The van der Waals surface area contributed by atoms with E-state index in [-0.39, 0.29) is 6.54 Å². The second-order valence-corrected chi connectivity index (χ2v) is 6.25. The molecule has 2 amide bonds. The van der Waals surface area contributed by atoms with Gasteiger partial charge in [0, 0.05) is 3.57 Å². The van der Waals surface area contributed by atoms with Crippen LogP contribution in [0.1, 0.15) is 26.3 Å². The molecular weight excluding hydrogens is 380 g/mol. The number of nitrogens with zero attached hydrogens (tertiary/aromatic N) is 1. The minimum atomic E-state index is -1.42. The summed E-state index contributed by atoms with van der Waals surface area (Å²) < 4.78 is 18.6. The van der Waals surface area contributed by atoms with Gasteiger partial charge in [0.25, 0.3) is 0 Å². The molecule has 0 unspecified atom stereocenters. The molecule has 0 aromatic heterocycles. The third-order valence-electron chi connectivity index (χ3n) is 2.19. The molecule has 0 aliphatic carbocycles. The van der Waals surface area contributed by atoms with Gasteiger partial charge < -0.3 is 9.84 Å². The Kier molecular flexibility index (Phi) is 5.32. The fourth-order valence-corrected chi connectivity index (χ4v) is 2.00. The number of carbonyl (C=O) groups excluding carboxylic acids is 1. The monoisotopic (exact) mass is 395 g/mol. The molecule has 1 rings (SSSR count). The Morgan fingerprint density at radius 1 is 1.40 bits per heavy atom. The first-order chi connectivity index (χ1) is 9.10. The van der Waals surface area contributed by atoms with Gasteiger partial charge in [0.1, 0.15) is 11.4 Å². The van der Waals surface area contributed by atoms with Crippen molar-refractivity contribution in [3.63, 3.8) is 0 Å². The van der Waals surface area contributed by atoms with E-state index in [9.17, 15) is 14.0 Å². The summed E-state index contributed by atoms with van der Waals surface area (Å²) in [5, 5.41) is 9.10. The van der Waals surface area contributed by atoms with Crippen LogP contribution in [0.3, 0.4) is 0 Å². The Morgan fingerprint density at radius 2 is 2.00 bits per heavy atom. The van der Waals surface area contributed by atoms with Crippen LogP contribution in [-0.4, -0.2) is 27.8 Å². The summed E-state index contributed by atoms with van der Waals surface area (Å²) in [6.07, 6.45) is -2.37. The van der Waals surface area contributed by atoms with Crippen LogP contribution in [-0.2, 0) is 11.3 Å². The van der Waals surface area contributed by atoms with E-state index in [0.717, 1.165) is 0 Å². The van der Waals surface area contributed by atoms with Crippen molar-refractivity contribution in [2.75, 3.05) is 0 Å². The van der Waals surface area contributed by atoms with Crippen molar-refractivity contribution in [2.45, 2.75) is 32.9 Å². The third kappa shape index (κ3) is 4.95. The van der Waals surface area contributed by atoms with E-state index >= 15 is 0 Å². The lowest BCUT2D eigenvalue weighted by Crippen LogP contribution is -2.39. The Bertz CT molecular complexity index is 528. The number of carboxylic acid groups (broad SMARTS) is 1. The molecule has 1 N–H and O–H groups in total. The van der Waals surface area contributed by atoms with Gasteiger partial charge in [0.05, 0.1) is 6.54 Å². The van der Waals surface area contributed by atoms with Crippen LogP contribution in [0.4, 0.5) is 14.0 Å². The third-order valence-corrected chi connectivity index (χ3v) is 3.19. The molecule has 7 heteroatoms. The summed E-state index contributed by atoms with van der Waals surface area (Å²) in [6.45, 7) is 4.74. The normalized spacial score (nSPS) is 11.1. The minimum absolute atomic E-state index is 0.192. The van der Waals surface area contributed by atoms with Crippen LogP contribution in [0, 0.1) is 9.39 Å². The van der Waals surface area contributed by atoms with E-state index in [1.807, 2.05) is 22.6 Å². The Balaban J connectivity index is 2.93. The summed E-state index contributed by atoms with van der Waals surface area (Å²) in [5.74, 6) is -0.419. The largest absolute Gasteiger partial charge is 0.465 e. The lowest BCUT2D eigenvalue weighted by Gasteiger charge is -2.24. The molecule has 5 nitrogen and oxygen atoms in total. The van der Waals surface area contributed by atoms with Gasteiger partial charge in [-0.2, -0.15) is 0 Å². The zero-order valence-electron chi connectivity index (χ0n) is 11.3. The van der Waals surface area contributed by atoms with E-state index in [1.54, 1.807) is 20.8 Å². The molecule has 0 fully saturated rings. The number of rotatable bonds is 2. The van der Waals surface area contributed by atoms with Crippen molar-refractivity contribution in [3.05, 3.63) is 33.1 Å². The number of halogens is 2. The average molecular weight is 395 g/mol. The molecule has 0 radical (unpaired) electrons. The predicted molar refractivity (Wildman–Crippen MR) is 78.9 cm³/mol. The highest BCUT2D eigenvalue weighted by atomic mass is 127. The number of ether oxygens (including phenoxy) is 1. The quantitative estimate of drug-likeness (QED) is 0.773. The first-order valence-electron chi connectivity index (χ1n) is 5.77. The molecule has 0 bridgehead atoms. The molecule has 1 aromatic rings. The van der Waals surface area contributed by atoms with Crippen molar-refractivity contribution < 1.29 is 23.8 Å². The maximum absolute atomic E-state index is 13.0. The van der Waals surface area contributed by atoms with Crippen molar-refractivity contribution in [3.8, 4) is 0 Å². The molecular formula is C13H15FINO4. The Hall–Kier alpha value is -1.38. The van der Waals surface area contributed by atoms with E-state index in [4.69, 9.17) is 9.84 Å². The predicted octanol–water partition coefficient (Wildman–Crippen LogP) is 3.85. The second kappa shape index (κ2) is 6.38. The smallest absolute Gasteiger partial charge is 0.420 e. The SMILES string of the molecule is CC(C)(C)OC(=O)N(Cc1ccc(F)cc1I)C(=O)O. The van der Waals surface area contributed by atoms with Gasteiger partial charge in [0.2, 0.25) is 0 Å². The molecule has 110 valence electrons. The van der Waals surface area contributed by atoms with Crippen molar-refractivity contribution in [1.82, 2.24) is 4.90 Å². The fraction of sp³-hybridized carbons (Fsp3) is 0.385. The van der Waals surface area contributed by atoms with Crippen molar-refractivity contribution in [2.24, 2.45) is 0 Å². The fourth-order valence-electron chi connectivity index (χ4n) is 1.35. The van der Waals surface area contributed by atoms with Gasteiger partial charge in [-0.25, -0.2) is 18.9 Å². The highest BCUT2D eigenvalue weighted by Crippen LogP contribution is 2.18. The van der Waals surface area contributed by atoms with Crippen molar-refractivity contribution in [1.29, 1.82) is 0 Å². The standard InChI is InChI=1S/C13H15FINO4/c1-13(2,3)20-12(19)16(11(17)18)7-8-4-5-9(14)6-10(8)15/h4-6H,7H2,1-3H3,(H,17,18). The molecule has 0 atom stereocenters. The molecule has 1 aromatic carbocycles. The topological polar surface area (TPSA) is 66.8 Å². The zero-order valence-corrected chi connectivity index (χ0v) is 13.5. The van der Waals surface area contributed by atoms with Crippen LogP contribution < -0.4 is 0 Å². The number of hydrogen-bond acceptors (Lipinski definition) is 3. The number of amides is 2. The van der Waals surface area contributed by atoms with Crippen LogP contribution in [0.25, 0.3) is 0 Å². The summed E-state index contributed by atoms with van der Waals surface area (Å²) >= 11 is 1.88. The number of hydrogen-bond donors (Lipinski definition) is 1. The average Bonchev–Trinajstić information content (AvgIpc) is 2.24. The van der Waals surface area contributed by atoms with E-state index < -0.39 is 23.6 Å². The molecule has 0 saturated carbocycles. The van der Waals surface area contributed by atoms with Crippen molar-refractivity contribution >= 4 is 34.8 Å². The number of imide groups is 1. The maximum Gasteiger partial charge on any atom is 0.420 e. The zero-order chi connectivity index (χ0) is 15.5. The highest BCUT2D eigenvalue weighted by Gasteiger charge is 2.27. The molecule has 0 aliphatic rings. The Morgan fingerprint density at radius 3 is 2.45 bits per heavy atom. The first-order valence-corrected chi connectivity index (χ1v) is 6.85. The van der Waals surface area contributed by atoms with Crippen LogP contribution >= 0.6 is 22.6 Å². The summed E-state index contributed by atoms with van der Waals surface area (Å²) in [5.41, 5.74) is -0.263. The first kappa shape index (κ1) is 16.7. The lowest BCUT2D eigenvalue weighted by atomic mass is 10.2. The van der Waals surface area contributed by atoms with E-state index in [0.29, 0.717) is 14.0 Å². The summed E-state index contributed by atoms with van der Waals surface area (Å²) in [4.78, 5) is 23.5. The maximum atomic E-state index is 13.0. The Labute approximate surface area is 129 Å². The van der Waals surface area contributed by atoms with Crippen LogP contribution in [0.2, 0.25) is 0 Å². The number of carbonyl (C=O) groups is 2. The van der Waals surface area contributed by atoms with Gasteiger partial charge >= 0.3 is 12.2 Å². The van der Waals surface area contributed by atoms with E-state index in [2.05, 4.69) is 0 Å². The van der Waals surface area contributed by atoms with Crippen LogP contribution in [0.5, 0.6) is 0 Å². The van der Waals surface area contributed by atoms with Gasteiger partial charge in [0.15, 0.2) is 0 Å². The molecule has 0 saturated heterocycles. The minimum Gasteiger partial charge on any atom is -0.465 e. The molecule has 20 heavy (non-hydrogen) atoms. The lowest BCUT2D eigenvalue weighted by molar-refractivity contribution is 0.0255. The number of benzene rings is 1. The molecule has 0 heterocycles.